The molecule has 0 unspecified atom stereocenters. The standard InChI is InChI=1S/C21H21N3O4S/c25-21(19-16-6-2-1-5-15(16)13-28-19)24-11-9-14(10-12-24)20-22-17-7-3-4-8-18(17)29(26,27)23-20/h1-8,13-14,20,22-23H,9-12H2/t20-/m1/s1. The number of nitrogens with one attached hydrogen (secondary N) is 2. The van der Waals surface area contributed by atoms with Crippen LogP contribution >= 0.6 is 0 Å². The highest BCUT2D eigenvalue weighted by Crippen LogP contribution is 2.31. The van der Waals surface area contributed by atoms with E-state index >= 15 is 0 Å². The van der Waals surface area contributed by atoms with Gasteiger partial charge in [0.15, 0.2) is 5.76 Å². The van der Waals surface area contributed by atoms with E-state index in [2.05, 4.69) is 10.0 Å². The van der Waals surface area contributed by atoms with E-state index in [9.17, 15) is 13.2 Å². The first-order chi connectivity index (χ1) is 14.0. The van der Waals surface area contributed by atoms with Crippen molar-refractivity contribution in [3.63, 3.8) is 0 Å². The number of likely N-dealkylation sites (tertiary alicyclic amines) is 1. The van der Waals surface area contributed by atoms with Gasteiger partial charge in [0.25, 0.3) is 5.91 Å². The van der Waals surface area contributed by atoms with E-state index in [4.69, 9.17) is 4.42 Å². The summed E-state index contributed by atoms with van der Waals surface area (Å²) in [6, 6.07) is 14.5. The van der Waals surface area contributed by atoms with Crippen molar-refractivity contribution in [2.24, 2.45) is 5.92 Å². The molecule has 2 N–H and O–H groups in total. The van der Waals surface area contributed by atoms with Crippen LogP contribution in [-0.2, 0) is 10.0 Å². The third-order valence-corrected chi connectivity index (χ3v) is 7.27. The first-order valence-electron chi connectivity index (χ1n) is 9.66. The Hall–Kier alpha value is -2.84. The molecule has 0 radical (unpaired) electrons. The van der Waals surface area contributed by atoms with Crippen molar-refractivity contribution in [2.75, 3.05) is 18.4 Å². The summed E-state index contributed by atoms with van der Waals surface area (Å²) in [5.74, 6) is 0.340. The molecule has 0 saturated carbocycles. The van der Waals surface area contributed by atoms with Gasteiger partial charge in [-0.15, -0.1) is 0 Å². The maximum absolute atomic E-state index is 12.9. The Bertz CT molecular complexity index is 1180. The van der Waals surface area contributed by atoms with Gasteiger partial charge in [-0.3, -0.25) is 4.79 Å². The van der Waals surface area contributed by atoms with E-state index in [1.165, 1.54) is 0 Å². The van der Waals surface area contributed by atoms with Crippen molar-refractivity contribution in [1.29, 1.82) is 0 Å². The number of carbonyl (C=O) groups is 1. The molecule has 0 spiro atoms. The predicted octanol–water partition coefficient (Wildman–Crippen LogP) is 3.02. The summed E-state index contributed by atoms with van der Waals surface area (Å²) in [6.45, 7) is 1.11. The number of hydrogen-bond donors (Lipinski definition) is 2. The molecule has 1 amide bonds. The van der Waals surface area contributed by atoms with Crippen molar-refractivity contribution in [3.8, 4) is 0 Å². The molecule has 1 atom stereocenters. The summed E-state index contributed by atoms with van der Waals surface area (Å²) in [4.78, 5) is 15.0. The van der Waals surface area contributed by atoms with Crippen LogP contribution in [0, 0.1) is 5.92 Å². The fourth-order valence-electron chi connectivity index (χ4n) is 4.20. The van der Waals surface area contributed by atoms with Gasteiger partial charge in [0.05, 0.1) is 18.1 Å². The van der Waals surface area contributed by atoms with E-state index in [1.54, 1.807) is 29.4 Å². The molecule has 1 aromatic heterocycles. The van der Waals surface area contributed by atoms with Crippen LogP contribution in [0.5, 0.6) is 0 Å². The minimum Gasteiger partial charge on any atom is -0.458 e. The van der Waals surface area contributed by atoms with E-state index in [1.807, 2.05) is 30.3 Å². The molecule has 150 valence electrons. The molecule has 3 aromatic rings. The van der Waals surface area contributed by atoms with Gasteiger partial charge in [-0.2, -0.15) is 4.72 Å². The number of amides is 1. The number of benzene rings is 2. The molecule has 2 aliphatic rings. The van der Waals surface area contributed by atoms with Crippen LogP contribution < -0.4 is 10.0 Å². The second kappa shape index (κ2) is 6.89. The molecular formula is C21H21N3O4S. The summed E-state index contributed by atoms with van der Waals surface area (Å²) in [6.07, 6.45) is 2.63. The van der Waals surface area contributed by atoms with Crippen molar-refractivity contribution >= 4 is 32.4 Å². The average Bonchev–Trinajstić information content (AvgIpc) is 3.17. The van der Waals surface area contributed by atoms with Crippen LogP contribution in [0.4, 0.5) is 5.69 Å². The van der Waals surface area contributed by atoms with Gasteiger partial charge in [0.1, 0.15) is 4.90 Å². The normalized spacial score (nSPS) is 21.5. The molecule has 2 aliphatic heterocycles. The van der Waals surface area contributed by atoms with E-state index in [0.717, 1.165) is 10.8 Å². The maximum atomic E-state index is 12.9. The van der Waals surface area contributed by atoms with Gasteiger partial charge in [-0.1, -0.05) is 36.4 Å². The third-order valence-electron chi connectivity index (χ3n) is 5.77. The molecular weight excluding hydrogens is 390 g/mol. The Labute approximate surface area is 168 Å². The molecule has 0 aliphatic carbocycles. The number of fused-ring (bicyclic) bond motifs is 2. The van der Waals surface area contributed by atoms with Crippen LogP contribution in [0.15, 0.2) is 64.1 Å². The molecule has 29 heavy (non-hydrogen) atoms. The van der Waals surface area contributed by atoms with Crippen molar-refractivity contribution in [3.05, 3.63) is 60.6 Å². The summed E-state index contributed by atoms with van der Waals surface area (Å²) in [7, 11) is -3.54. The second-order valence-electron chi connectivity index (χ2n) is 7.52. The van der Waals surface area contributed by atoms with E-state index in [0.29, 0.717) is 37.4 Å². The smallest absolute Gasteiger partial charge is 0.290 e. The second-order valence-corrected chi connectivity index (χ2v) is 9.20. The fourth-order valence-corrected chi connectivity index (χ4v) is 5.59. The lowest BCUT2D eigenvalue weighted by Gasteiger charge is -2.38. The van der Waals surface area contributed by atoms with Crippen LogP contribution in [0.25, 0.3) is 10.8 Å². The summed E-state index contributed by atoms with van der Waals surface area (Å²) in [5, 5.41) is 5.03. The van der Waals surface area contributed by atoms with Crippen LogP contribution in [-0.4, -0.2) is 38.5 Å². The summed E-state index contributed by atoms with van der Waals surface area (Å²) in [5.41, 5.74) is 0.622. The SMILES string of the molecule is O=C(c1occ2ccccc12)N1CCC([C@@H]2Nc3ccccc3S(=O)(=O)N2)CC1. The lowest BCUT2D eigenvalue weighted by Crippen LogP contribution is -2.52. The number of rotatable bonds is 2. The Kier molecular flexibility index (Phi) is 4.33. The monoisotopic (exact) mass is 411 g/mol. The van der Waals surface area contributed by atoms with Gasteiger partial charge in [-0.25, -0.2) is 8.42 Å². The number of carbonyl (C=O) groups excluding carboxylic acids is 1. The minimum absolute atomic E-state index is 0.0931. The molecule has 1 saturated heterocycles. The van der Waals surface area contributed by atoms with Gasteiger partial charge in [-0.05, 0) is 30.9 Å². The number of nitrogens with zero attached hydrogens (tertiary/aromatic N) is 1. The Morgan fingerprint density at radius 2 is 1.76 bits per heavy atom. The lowest BCUT2D eigenvalue weighted by molar-refractivity contribution is 0.0650. The first-order valence-corrected chi connectivity index (χ1v) is 11.1. The number of sulfonamides is 1. The van der Waals surface area contributed by atoms with Crippen molar-refractivity contribution in [1.82, 2.24) is 9.62 Å². The van der Waals surface area contributed by atoms with Gasteiger partial charge in [0, 0.05) is 23.9 Å². The average molecular weight is 411 g/mol. The zero-order chi connectivity index (χ0) is 20.0. The third kappa shape index (κ3) is 3.18. The Balaban J connectivity index is 1.29. The molecule has 2 aromatic carbocycles. The molecule has 1 fully saturated rings. The number of piperidine rings is 1. The first kappa shape index (κ1) is 18.2. The van der Waals surface area contributed by atoms with Crippen LogP contribution in [0.3, 0.4) is 0 Å². The predicted molar refractivity (Wildman–Crippen MR) is 109 cm³/mol. The highest BCUT2D eigenvalue weighted by atomic mass is 32.2. The van der Waals surface area contributed by atoms with Gasteiger partial charge >= 0.3 is 0 Å². The lowest BCUT2D eigenvalue weighted by atomic mass is 9.93. The Morgan fingerprint density at radius 3 is 2.59 bits per heavy atom. The van der Waals surface area contributed by atoms with Crippen LogP contribution in [0.1, 0.15) is 23.4 Å². The number of hydrogen-bond acceptors (Lipinski definition) is 5. The number of anilines is 1. The highest BCUT2D eigenvalue weighted by Gasteiger charge is 2.36. The number of furan rings is 1. The minimum atomic E-state index is -3.54. The summed E-state index contributed by atoms with van der Waals surface area (Å²) < 4.78 is 33.4. The topological polar surface area (TPSA) is 91.7 Å². The zero-order valence-corrected chi connectivity index (χ0v) is 16.5. The fraction of sp³-hybridized carbons (Fsp3) is 0.286. The highest BCUT2D eigenvalue weighted by molar-refractivity contribution is 7.89. The Morgan fingerprint density at radius 1 is 1.03 bits per heavy atom. The number of para-hydroxylation sites is 1. The molecule has 5 rings (SSSR count). The van der Waals surface area contributed by atoms with Crippen molar-refractivity contribution < 1.29 is 17.6 Å². The molecule has 8 heteroatoms. The molecule has 3 heterocycles. The quantitative estimate of drug-likeness (QED) is 0.676. The molecule has 0 bridgehead atoms. The summed E-state index contributed by atoms with van der Waals surface area (Å²) >= 11 is 0. The van der Waals surface area contributed by atoms with Gasteiger partial charge < -0.3 is 14.6 Å². The van der Waals surface area contributed by atoms with Crippen molar-refractivity contribution in [2.45, 2.75) is 23.9 Å². The van der Waals surface area contributed by atoms with Crippen LogP contribution in [0.2, 0.25) is 0 Å². The van der Waals surface area contributed by atoms with E-state index in [-0.39, 0.29) is 22.9 Å². The van der Waals surface area contributed by atoms with Gasteiger partial charge in [0.2, 0.25) is 10.0 Å². The zero-order valence-electron chi connectivity index (χ0n) is 15.7. The molecule has 7 nitrogen and oxygen atoms in total. The largest absolute Gasteiger partial charge is 0.458 e. The van der Waals surface area contributed by atoms with E-state index < -0.39 is 10.0 Å². The maximum Gasteiger partial charge on any atom is 0.290 e.